The number of benzene rings is 1. The first-order valence-corrected chi connectivity index (χ1v) is 4.81. The molecule has 1 aromatic rings. The Morgan fingerprint density at radius 1 is 1.47 bits per heavy atom. The topological polar surface area (TPSA) is 63.6 Å². The summed E-state index contributed by atoms with van der Waals surface area (Å²) in [7, 11) is 1.28. The van der Waals surface area contributed by atoms with E-state index < -0.39 is 17.8 Å². The van der Waals surface area contributed by atoms with Crippen LogP contribution in [0.2, 0.25) is 0 Å². The van der Waals surface area contributed by atoms with E-state index in [2.05, 4.69) is 4.74 Å². The molecule has 0 saturated carbocycles. The molecule has 0 saturated heterocycles. The molecule has 0 aliphatic heterocycles. The van der Waals surface area contributed by atoms with E-state index in [1.165, 1.54) is 31.4 Å². The van der Waals surface area contributed by atoms with E-state index >= 15 is 0 Å². The Morgan fingerprint density at radius 2 is 2.18 bits per heavy atom. The van der Waals surface area contributed by atoms with Gasteiger partial charge in [0.1, 0.15) is 5.82 Å². The number of halogens is 1. The minimum atomic E-state index is -1.31. The van der Waals surface area contributed by atoms with Crippen LogP contribution in [0.4, 0.5) is 4.39 Å². The number of carboxylic acid groups (broad SMARTS) is 1. The molecule has 1 aromatic carbocycles. The monoisotopic (exact) mass is 238 g/mol. The van der Waals surface area contributed by atoms with E-state index in [1.807, 2.05) is 0 Å². The van der Waals surface area contributed by atoms with Crippen LogP contribution in [0.3, 0.4) is 0 Å². The molecule has 1 rings (SSSR count). The number of aromatic carboxylic acids is 1. The Balaban J connectivity index is 2.77. The van der Waals surface area contributed by atoms with Gasteiger partial charge in [-0.1, -0.05) is 18.2 Å². The van der Waals surface area contributed by atoms with Gasteiger partial charge in [-0.3, -0.25) is 4.79 Å². The first kappa shape index (κ1) is 12.9. The summed E-state index contributed by atoms with van der Waals surface area (Å²) in [5.41, 5.74) is 0.103. The van der Waals surface area contributed by atoms with Crippen molar-refractivity contribution in [3.8, 4) is 0 Å². The van der Waals surface area contributed by atoms with Gasteiger partial charge >= 0.3 is 11.9 Å². The van der Waals surface area contributed by atoms with Gasteiger partial charge in [-0.25, -0.2) is 9.18 Å². The summed E-state index contributed by atoms with van der Waals surface area (Å²) in [6.45, 7) is 0. The predicted octanol–water partition coefficient (Wildman–Crippen LogP) is 2.10. The van der Waals surface area contributed by atoms with Gasteiger partial charge in [0, 0.05) is 0 Å². The third-order valence-electron chi connectivity index (χ3n) is 2.05. The average molecular weight is 238 g/mol. The van der Waals surface area contributed by atoms with Gasteiger partial charge in [-0.2, -0.15) is 0 Å². The van der Waals surface area contributed by atoms with Crippen molar-refractivity contribution in [2.75, 3.05) is 7.11 Å². The zero-order valence-corrected chi connectivity index (χ0v) is 9.14. The van der Waals surface area contributed by atoms with Gasteiger partial charge in [-0.15, -0.1) is 0 Å². The van der Waals surface area contributed by atoms with Crippen LogP contribution in [0.5, 0.6) is 0 Å². The first-order chi connectivity index (χ1) is 8.04. The van der Waals surface area contributed by atoms with E-state index in [0.717, 1.165) is 6.07 Å². The lowest BCUT2D eigenvalue weighted by atomic mass is 10.1. The lowest BCUT2D eigenvalue weighted by Gasteiger charge is -1.99. The Morgan fingerprint density at radius 3 is 2.71 bits per heavy atom. The van der Waals surface area contributed by atoms with Crippen LogP contribution in [0.15, 0.2) is 24.3 Å². The maximum absolute atomic E-state index is 13.2. The molecule has 0 spiro atoms. The lowest BCUT2D eigenvalue weighted by molar-refractivity contribution is -0.139. The van der Waals surface area contributed by atoms with Crippen molar-refractivity contribution < 1.29 is 23.8 Å². The molecule has 0 atom stereocenters. The molecule has 0 bridgehead atoms. The summed E-state index contributed by atoms with van der Waals surface area (Å²) < 4.78 is 17.7. The summed E-state index contributed by atoms with van der Waals surface area (Å²) in [6, 6.07) is 3.73. The van der Waals surface area contributed by atoms with Gasteiger partial charge in [-0.05, 0) is 17.7 Å². The van der Waals surface area contributed by atoms with Gasteiger partial charge in [0.15, 0.2) is 0 Å². The summed E-state index contributed by atoms with van der Waals surface area (Å²) in [6.07, 6.45) is 3.12. The van der Waals surface area contributed by atoms with Crippen molar-refractivity contribution in [3.05, 3.63) is 41.2 Å². The van der Waals surface area contributed by atoms with Crippen LogP contribution in [-0.4, -0.2) is 24.2 Å². The third kappa shape index (κ3) is 3.71. The summed E-state index contributed by atoms with van der Waals surface area (Å²) in [5.74, 6) is -2.52. The zero-order chi connectivity index (χ0) is 12.8. The standard InChI is InChI=1S/C12H11FO4/c1-17-11(14)4-2-3-8-5-6-9(12(15)16)10(13)7-8/h2-3,5-7H,4H2,1H3,(H,15,16)/b3-2-. The smallest absolute Gasteiger partial charge is 0.338 e. The molecule has 4 nitrogen and oxygen atoms in total. The lowest BCUT2D eigenvalue weighted by Crippen LogP contribution is -2.00. The molecule has 0 amide bonds. The maximum atomic E-state index is 13.2. The highest BCUT2D eigenvalue weighted by molar-refractivity contribution is 5.88. The van der Waals surface area contributed by atoms with Crippen LogP contribution >= 0.6 is 0 Å². The summed E-state index contributed by atoms with van der Waals surface area (Å²) >= 11 is 0. The Bertz CT molecular complexity index is 466. The number of rotatable bonds is 4. The quantitative estimate of drug-likeness (QED) is 0.816. The molecule has 0 heterocycles. The van der Waals surface area contributed by atoms with Crippen molar-refractivity contribution >= 4 is 18.0 Å². The summed E-state index contributed by atoms with van der Waals surface area (Å²) in [4.78, 5) is 21.3. The second-order valence-electron chi connectivity index (χ2n) is 3.23. The molecule has 0 aliphatic carbocycles. The fourth-order valence-corrected chi connectivity index (χ4v) is 1.18. The van der Waals surface area contributed by atoms with Crippen LogP contribution < -0.4 is 0 Å². The number of carboxylic acids is 1. The third-order valence-corrected chi connectivity index (χ3v) is 2.05. The van der Waals surface area contributed by atoms with Crippen molar-refractivity contribution in [3.63, 3.8) is 0 Å². The number of carbonyl (C=O) groups is 2. The fourth-order valence-electron chi connectivity index (χ4n) is 1.18. The highest BCUT2D eigenvalue weighted by Gasteiger charge is 2.09. The zero-order valence-electron chi connectivity index (χ0n) is 9.14. The second kappa shape index (κ2) is 5.79. The highest BCUT2D eigenvalue weighted by Crippen LogP contribution is 2.12. The van der Waals surface area contributed by atoms with E-state index in [0.29, 0.717) is 5.56 Å². The minimum absolute atomic E-state index is 0.0821. The number of esters is 1. The molecule has 17 heavy (non-hydrogen) atoms. The first-order valence-electron chi connectivity index (χ1n) is 4.81. The van der Waals surface area contributed by atoms with Crippen LogP contribution in [0.25, 0.3) is 6.08 Å². The second-order valence-corrected chi connectivity index (χ2v) is 3.23. The van der Waals surface area contributed by atoms with Crippen molar-refractivity contribution in [1.29, 1.82) is 0 Å². The Kier molecular flexibility index (Phi) is 4.39. The Labute approximate surface area is 97.3 Å². The van der Waals surface area contributed by atoms with Crippen LogP contribution in [0.1, 0.15) is 22.3 Å². The normalized spacial score (nSPS) is 10.5. The number of hydrogen-bond acceptors (Lipinski definition) is 3. The molecule has 90 valence electrons. The average Bonchev–Trinajstić information content (AvgIpc) is 2.28. The van der Waals surface area contributed by atoms with Gasteiger partial charge < -0.3 is 9.84 Å². The number of methoxy groups -OCH3 is 1. The van der Waals surface area contributed by atoms with E-state index in [1.54, 1.807) is 0 Å². The molecular weight excluding hydrogens is 227 g/mol. The molecule has 5 heteroatoms. The SMILES string of the molecule is COC(=O)C/C=C\c1ccc(C(=O)O)c(F)c1. The van der Waals surface area contributed by atoms with E-state index in [4.69, 9.17) is 5.11 Å². The molecule has 0 radical (unpaired) electrons. The van der Waals surface area contributed by atoms with E-state index in [9.17, 15) is 14.0 Å². The van der Waals surface area contributed by atoms with Crippen molar-refractivity contribution in [2.24, 2.45) is 0 Å². The van der Waals surface area contributed by atoms with Gasteiger partial charge in [0.25, 0.3) is 0 Å². The highest BCUT2D eigenvalue weighted by atomic mass is 19.1. The number of carbonyl (C=O) groups excluding carboxylic acids is 1. The van der Waals surface area contributed by atoms with Gasteiger partial charge in [0.05, 0.1) is 19.1 Å². The van der Waals surface area contributed by atoms with E-state index in [-0.39, 0.29) is 12.0 Å². The number of ether oxygens (including phenoxy) is 1. The molecule has 0 aromatic heterocycles. The van der Waals surface area contributed by atoms with Gasteiger partial charge in [0.2, 0.25) is 0 Å². The van der Waals surface area contributed by atoms with Crippen LogP contribution in [-0.2, 0) is 9.53 Å². The fraction of sp³-hybridized carbons (Fsp3) is 0.167. The molecule has 1 N–H and O–H groups in total. The van der Waals surface area contributed by atoms with Crippen molar-refractivity contribution in [1.82, 2.24) is 0 Å². The Hall–Kier alpha value is -2.17. The molecule has 0 aliphatic rings. The molecule has 0 unspecified atom stereocenters. The molecular formula is C12H11FO4. The van der Waals surface area contributed by atoms with Crippen LogP contribution in [0, 0.1) is 5.82 Å². The number of hydrogen-bond donors (Lipinski definition) is 1. The van der Waals surface area contributed by atoms with Crippen molar-refractivity contribution in [2.45, 2.75) is 6.42 Å². The minimum Gasteiger partial charge on any atom is -0.478 e. The molecule has 0 fully saturated rings. The predicted molar refractivity (Wildman–Crippen MR) is 59.0 cm³/mol. The summed E-state index contributed by atoms with van der Waals surface area (Å²) in [5, 5.41) is 8.62. The maximum Gasteiger partial charge on any atom is 0.338 e. The largest absolute Gasteiger partial charge is 0.478 e.